The number of carbonyl (C=O) groups excluding carboxylic acids is 1. The fourth-order valence-corrected chi connectivity index (χ4v) is 4.02. The summed E-state index contributed by atoms with van der Waals surface area (Å²) in [7, 11) is 0. The molecule has 180 valence electrons. The molecule has 1 atom stereocenters. The van der Waals surface area contributed by atoms with Crippen molar-refractivity contribution in [3.8, 4) is 11.4 Å². The lowest BCUT2D eigenvalue weighted by molar-refractivity contribution is -0.121. The molecule has 0 saturated carbocycles. The highest BCUT2D eigenvalue weighted by Gasteiger charge is 2.22. The minimum atomic E-state index is -0.887. The van der Waals surface area contributed by atoms with Gasteiger partial charge in [0, 0.05) is 18.0 Å². The quantitative estimate of drug-likeness (QED) is 0.146. The van der Waals surface area contributed by atoms with Gasteiger partial charge in [-0.25, -0.2) is 23.1 Å². The van der Waals surface area contributed by atoms with Gasteiger partial charge in [-0.05, 0) is 36.8 Å². The molecule has 0 aliphatic heterocycles. The van der Waals surface area contributed by atoms with Crippen LogP contribution in [0.15, 0.2) is 47.6 Å². The topological polar surface area (TPSA) is 70.1 Å². The molecule has 3 rings (SSSR count). The number of aliphatic imine (C=N–C) groups is 1. The van der Waals surface area contributed by atoms with Crippen molar-refractivity contribution in [1.29, 1.82) is 0 Å². The first-order valence-corrected chi connectivity index (χ1v) is 12.4. The maximum atomic E-state index is 14.6. The number of amides is 1. The van der Waals surface area contributed by atoms with Crippen LogP contribution in [0.2, 0.25) is 5.15 Å². The number of aromatic amines is 1. The number of hydrogen-bond acceptors (Lipinski definition) is 4. The number of amidine groups is 1. The van der Waals surface area contributed by atoms with E-state index >= 15 is 0 Å². The third kappa shape index (κ3) is 6.77. The number of thioether (sulfide) groups is 1. The van der Waals surface area contributed by atoms with Crippen LogP contribution in [0.5, 0.6) is 0 Å². The Balaban J connectivity index is 1.83. The zero-order valence-corrected chi connectivity index (χ0v) is 20.4. The second-order valence-electron chi connectivity index (χ2n) is 7.26. The van der Waals surface area contributed by atoms with Crippen LogP contribution in [0.25, 0.3) is 11.4 Å². The number of nitrogens with one attached hydrogen (secondary N) is 2. The van der Waals surface area contributed by atoms with Gasteiger partial charge in [0.2, 0.25) is 5.91 Å². The Morgan fingerprint density at radius 1 is 1.18 bits per heavy atom. The van der Waals surface area contributed by atoms with Crippen LogP contribution in [-0.4, -0.2) is 33.2 Å². The van der Waals surface area contributed by atoms with E-state index in [1.54, 1.807) is 18.4 Å². The molecule has 3 aromatic rings. The van der Waals surface area contributed by atoms with Crippen LogP contribution in [0.3, 0.4) is 0 Å². The number of rotatable bonds is 8. The van der Waals surface area contributed by atoms with Gasteiger partial charge in [0.1, 0.15) is 28.4 Å². The minimum absolute atomic E-state index is 0.0264. The number of H-pyrrole nitrogens is 1. The van der Waals surface area contributed by atoms with Gasteiger partial charge < -0.3 is 10.3 Å². The average Bonchev–Trinajstić information content (AvgIpc) is 3.22. The average molecular weight is 529 g/mol. The lowest BCUT2D eigenvalue weighted by Gasteiger charge is -2.17. The van der Waals surface area contributed by atoms with E-state index in [-0.39, 0.29) is 33.3 Å². The summed E-state index contributed by atoms with van der Waals surface area (Å²) in [5.41, 5.74) is 0.255. The number of halogens is 5. The number of aromatic nitrogens is 2. The van der Waals surface area contributed by atoms with Crippen LogP contribution >= 0.6 is 35.0 Å². The van der Waals surface area contributed by atoms with Gasteiger partial charge in [0.05, 0.1) is 23.4 Å². The molecule has 2 aromatic carbocycles. The van der Waals surface area contributed by atoms with Crippen molar-refractivity contribution < 1.29 is 18.0 Å². The molecule has 0 saturated heterocycles. The Labute approximate surface area is 209 Å². The van der Waals surface area contributed by atoms with Crippen molar-refractivity contribution in [2.24, 2.45) is 4.99 Å². The van der Waals surface area contributed by atoms with E-state index in [0.29, 0.717) is 24.3 Å². The Kier molecular flexibility index (Phi) is 9.44. The van der Waals surface area contributed by atoms with Gasteiger partial charge in [-0.3, -0.25) is 4.79 Å². The molecule has 0 radical (unpaired) electrons. The van der Waals surface area contributed by atoms with Crippen molar-refractivity contribution in [2.75, 3.05) is 12.1 Å². The Bertz CT molecular complexity index is 1150. The summed E-state index contributed by atoms with van der Waals surface area (Å²) in [5.74, 6) is -2.69. The lowest BCUT2D eigenvalue weighted by Crippen LogP contribution is -2.33. The van der Waals surface area contributed by atoms with Gasteiger partial charge in [0.25, 0.3) is 0 Å². The molecule has 0 aliphatic rings. The Morgan fingerprint density at radius 2 is 1.85 bits per heavy atom. The van der Waals surface area contributed by atoms with Crippen LogP contribution in [-0.2, 0) is 4.79 Å². The number of hydrogen-bond donors (Lipinski definition) is 2. The summed E-state index contributed by atoms with van der Waals surface area (Å²) >= 11 is 12.6. The standard InChI is InChI=1S/C23H21Cl2F3N4OS/c1-34-23(30-15-10-17(27)20(18(28)11-15)21-29-12-19(25)31-21)32-22(33)16(4-2-3-9-24)13-5-7-14(26)8-6-13/h5-8,10-12,16H,2-4,9H2,1H3,(H,29,31)(H,30,32,33). The van der Waals surface area contributed by atoms with Gasteiger partial charge in [-0.2, -0.15) is 0 Å². The van der Waals surface area contributed by atoms with E-state index in [0.717, 1.165) is 30.3 Å². The summed E-state index contributed by atoms with van der Waals surface area (Å²) in [6.07, 6.45) is 4.83. The number of benzene rings is 2. The number of carbonyl (C=O) groups is 1. The zero-order chi connectivity index (χ0) is 24.7. The van der Waals surface area contributed by atoms with E-state index in [2.05, 4.69) is 20.3 Å². The van der Waals surface area contributed by atoms with Gasteiger partial charge in [-0.1, -0.05) is 41.9 Å². The second-order valence-corrected chi connectivity index (χ2v) is 8.84. The first-order valence-electron chi connectivity index (χ1n) is 10.3. The highest BCUT2D eigenvalue weighted by molar-refractivity contribution is 8.13. The van der Waals surface area contributed by atoms with Crippen molar-refractivity contribution in [3.63, 3.8) is 0 Å². The fourth-order valence-electron chi connectivity index (χ4n) is 3.30. The van der Waals surface area contributed by atoms with E-state index < -0.39 is 23.4 Å². The molecule has 11 heteroatoms. The summed E-state index contributed by atoms with van der Waals surface area (Å²) < 4.78 is 42.6. The molecule has 1 aromatic heterocycles. The zero-order valence-electron chi connectivity index (χ0n) is 18.0. The first kappa shape index (κ1) is 26.1. The first-order chi connectivity index (χ1) is 16.3. The predicted octanol–water partition coefficient (Wildman–Crippen LogP) is 6.81. The number of nitrogens with zero attached hydrogens (tertiary/aromatic N) is 2. The molecule has 1 heterocycles. The van der Waals surface area contributed by atoms with Crippen LogP contribution in [0.4, 0.5) is 18.9 Å². The fraction of sp³-hybridized carbons (Fsp3) is 0.261. The van der Waals surface area contributed by atoms with Gasteiger partial charge >= 0.3 is 0 Å². The van der Waals surface area contributed by atoms with Crippen molar-refractivity contribution in [3.05, 3.63) is 70.8 Å². The Hall–Kier alpha value is -2.49. The van der Waals surface area contributed by atoms with E-state index in [1.807, 2.05) is 0 Å². The number of alkyl halides is 1. The summed E-state index contributed by atoms with van der Waals surface area (Å²) in [6, 6.07) is 7.77. The molecule has 0 aliphatic carbocycles. The van der Waals surface area contributed by atoms with Crippen LogP contribution < -0.4 is 5.32 Å². The lowest BCUT2D eigenvalue weighted by atomic mass is 9.93. The molecule has 1 amide bonds. The minimum Gasteiger partial charge on any atom is -0.329 e. The SMILES string of the molecule is CSC(=Nc1cc(F)c(-c2ncc(Cl)[nH]2)c(F)c1)NC(=O)C(CCCCCl)c1ccc(F)cc1. The molecule has 0 bridgehead atoms. The third-order valence-corrected chi connectivity index (χ3v) is 5.97. The van der Waals surface area contributed by atoms with Crippen molar-refractivity contribution >= 4 is 51.7 Å². The molecular weight excluding hydrogens is 508 g/mol. The third-order valence-electron chi connectivity index (χ3n) is 4.93. The van der Waals surface area contributed by atoms with Crippen molar-refractivity contribution in [1.82, 2.24) is 15.3 Å². The van der Waals surface area contributed by atoms with Crippen molar-refractivity contribution in [2.45, 2.75) is 25.2 Å². The molecule has 1 unspecified atom stereocenters. The van der Waals surface area contributed by atoms with E-state index in [9.17, 15) is 18.0 Å². The molecule has 2 N–H and O–H groups in total. The second kappa shape index (κ2) is 12.3. The molecule has 0 spiro atoms. The Morgan fingerprint density at radius 3 is 2.41 bits per heavy atom. The normalized spacial score (nSPS) is 12.6. The largest absolute Gasteiger partial charge is 0.329 e. The highest BCUT2D eigenvalue weighted by atomic mass is 35.5. The number of unbranched alkanes of at least 4 members (excludes halogenated alkanes) is 1. The van der Waals surface area contributed by atoms with E-state index in [1.165, 1.54) is 18.3 Å². The monoisotopic (exact) mass is 528 g/mol. The van der Waals surface area contributed by atoms with Crippen LogP contribution in [0, 0.1) is 17.5 Å². The highest BCUT2D eigenvalue weighted by Crippen LogP contribution is 2.29. The van der Waals surface area contributed by atoms with E-state index in [4.69, 9.17) is 23.2 Å². The smallest absolute Gasteiger partial charge is 0.233 e. The van der Waals surface area contributed by atoms with Gasteiger partial charge in [-0.15, -0.1) is 11.6 Å². The molecule has 0 fully saturated rings. The summed E-state index contributed by atoms with van der Waals surface area (Å²) in [4.78, 5) is 23.7. The number of imidazole rings is 1. The van der Waals surface area contributed by atoms with Gasteiger partial charge in [0.15, 0.2) is 5.17 Å². The molecular formula is C23H21Cl2F3N4OS. The summed E-state index contributed by atoms with van der Waals surface area (Å²) in [6.45, 7) is 0. The maximum Gasteiger partial charge on any atom is 0.233 e. The molecule has 34 heavy (non-hydrogen) atoms. The predicted molar refractivity (Wildman–Crippen MR) is 131 cm³/mol. The summed E-state index contributed by atoms with van der Waals surface area (Å²) in [5, 5.41) is 3.01. The molecule has 5 nitrogen and oxygen atoms in total. The maximum absolute atomic E-state index is 14.6. The van der Waals surface area contributed by atoms with Crippen LogP contribution in [0.1, 0.15) is 30.7 Å².